The largest absolute Gasteiger partial charge is 0.416 e. The molecule has 1 aliphatic rings. The summed E-state index contributed by atoms with van der Waals surface area (Å²) >= 11 is 0. The Labute approximate surface area is 111 Å². The van der Waals surface area contributed by atoms with Crippen molar-refractivity contribution in [3.63, 3.8) is 0 Å². The number of carbonyl (C=O) groups excluding carboxylic acids is 1. The number of rotatable bonds is 1. The Balaban J connectivity index is 2.08. The molecule has 0 bridgehead atoms. The molecular formula is C14H7F3N2O. The summed E-state index contributed by atoms with van der Waals surface area (Å²) in [5.74, 6) is -0.476. The highest BCUT2D eigenvalue weighted by molar-refractivity contribution is 6.07. The summed E-state index contributed by atoms with van der Waals surface area (Å²) in [6.45, 7) is 0. The maximum Gasteiger partial charge on any atom is 0.416 e. The maximum atomic E-state index is 12.5. The van der Waals surface area contributed by atoms with Gasteiger partial charge in [0.2, 0.25) is 0 Å². The Hall–Kier alpha value is -2.50. The molecule has 1 heterocycles. The van der Waals surface area contributed by atoms with Gasteiger partial charge in [-0.05, 0) is 29.3 Å². The fourth-order valence-electron chi connectivity index (χ4n) is 2.08. The number of hydrogen-bond acceptors (Lipinski definition) is 2. The van der Waals surface area contributed by atoms with E-state index >= 15 is 0 Å². The zero-order valence-corrected chi connectivity index (χ0v) is 9.98. The van der Waals surface area contributed by atoms with Crippen LogP contribution in [0.15, 0.2) is 52.7 Å². The number of halogens is 3. The van der Waals surface area contributed by atoms with Crippen molar-refractivity contribution >= 4 is 11.6 Å². The van der Waals surface area contributed by atoms with Gasteiger partial charge in [0.05, 0.1) is 16.8 Å². The summed E-state index contributed by atoms with van der Waals surface area (Å²) in [4.78, 5) is 11.6. The van der Waals surface area contributed by atoms with Crippen LogP contribution in [0.3, 0.4) is 0 Å². The SMILES string of the molecule is O=C1N=Nc2cccc(-c3ccc(C(F)(F)F)cc3)c21. The van der Waals surface area contributed by atoms with Crippen molar-refractivity contribution in [2.45, 2.75) is 6.18 Å². The third-order valence-corrected chi connectivity index (χ3v) is 3.03. The Bertz CT molecular complexity index is 718. The third kappa shape index (κ3) is 1.99. The Kier molecular flexibility index (Phi) is 2.67. The quantitative estimate of drug-likeness (QED) is 0.749. The van der Waals surface area contributed by atoms with E-state index in [1.807, 2.05) is 0 Å². The predicted octanol–water partition coefficient (Wildman–Crippen LogP) is 4.61. The zero-order valence-electron chi connectivity index (χ0n) is 9.98. The maximum absolute atomic E-state index is 12.5. The lowest BCUT2D eigenvalue weighted by Gasteiger charge is -2.09. The standard InChI is InChI=1S/C14H7F3N2O/c15-14(16,17)9-6-4-8(5-7-9)10-2-1-3-11-12(10)13(20)19-18-11/h1-7H. The van der Waals surface area contributed by atoms with E-state index in [-0.39, 0.29) is 0 Å². The first-order valence-electron chi connectivity index (χ1n) is 5.73. The molecule has 0 unspecified atom stereocenters. The molecule has 0 saturated carbocycles. The zero-order chi connectivity index (χ0) is 14.3. The van der Waals surface area contributed by atoms with Crippen LogP contribution in [0.4, 0.5) is 18.9 Å². The van der Waals surface area contributed by atoms with Gasteiger partial charge in [-0.15, -0.1) is 10.2 Å². The summed E-state index contributed by atoms with van der Waals surface area (Å²) < 4.78 is 37.6. The van der Waals surface area contributed by atoms with Crippen LogP contribution in [0.5, 0.6) is 0 Å². The van der Waals surface area contributed by atoms with E-state index in [1.54, 1.807) is 18.2 Å². The molecule has 0 spiro atoms. The average Bonchev–Trinajstić information content (AvgIpc) is 2.80. The molecule has 2 aromatic carbocycles. The molecule has 1 aliphatic heterocycles. The van der Waals surface area contributed by atoms with Gasteiger partial charge in [0.1, 0.15) is 0 Å². The number of benzene rings is 2. The number of alkyl halides is 3. The average molecular weight is 276 g/mol. The first kappa shape index (κ1) is 12.5. The van der Waals surface area contributed by atoms with Crippen molar-refractivity contribution in [3.8, 4) is 11.1 Å². The van der Waals surface area contributed by atoms with Gasteiger partial charge in [0, 0.05) is 0 Å². The molecule has 0 aromatic heterocycles. The number of nitrogens with zero attached hydrogens (tertiary/aromatic N) is 2. The van der Waals surface area contributed by atoms with Crippen LogP contribution in [0, 0.1) is 0 Å². The monoisotopic (exact) mass is 276 g/mol. The number of hydrogen-bond donors (Lipinski definition) is 0. The second kappa shape index (κ2) is 4.26. The highest BCUT2D eigenvalue weighted by atomic mass is 19.4. The lowest BCUT2D eigenvalue weighted by molar-refractivity contribution is -0.137. The van der Waals surface area contributed by atoms with Gasteiger partial charge < -0.3 is 0 Å². The predicted molar refractivity (Wildman–Crippen MR) is 65.7 cm³/mol. The van der Waals surface area contributed by atoms with E-state index < -0.39 is 17.6 Å². The van der Waals surface area contributed by atoms with Crippen LogP contribution in [0.2, 0.25) is 0 Å². The van der Waals surface area contributed by atoms with Crippen molar-refractivity contribution in [2.75, 3.05) is 0 Å². The Morgan fingerprint density at radius 3 is 2.25 bits per heavy atom. The number of fused-ring (bicyclic) bond motifs is 1. The van der Waals surface area contributed by atoms with Gasteiger partial charge in [-0.2, -0.15) is 13.2 Å². The molecule has 100 valence electrons. The van der Waals surface area contributed by atoms with Crippen molar-refractivity contribution < 1.29 is 18.0 Å². The molecule has 3 nitrogen and oxygen atoms in total. The summed E-state index contributed by atoms with van der Waals surface area (Å²) in [5.41, 5.74) is 1.09. The van der Waals surface area contributed by atoms with Gasteiger partial charge >= 0.3 is 6.18 Å². The second-order valence-electron chi connectivity index (χ2n) is 4.28. The van der Waals surface area contributed by atoms with E-state index in [9.17, 15) is 18.0 Å². The normalized spacial score (nSPS) is 13.7. The minimum absolute atomic E-state index is 0.326. The van der Waals surface area contributed by atoms with Crippen LogP contribution >= 0.6 is 0 Å². The molecule has 2 aromatic rings. The van der Waals surface area contributed by atoms with Crippen LogP contribution in [0.1, 0.15) is 15.9 Å². The second-order valence-corrected chi connectivity index (χ2v) is 4.28. The molecule has 0 saturated heterocycles. The van der Waals surface area contributed by atoms with Crippen molar-refractivity contribution in [2.24, 2.45) is 10.2 Å². The van der Waals surface area contributed by atoms with Gasteiger partial charge in [-0.3, -0.25) is 4.79 Å². The molecule has 3 rings (SSSR count). The topological polar surface area (TPSA) is 41.8 Å². The fraction of sp³-hybridized carbons (Fsp3) is 0.0714. The number of carbonyl (C=O) groups is 1. The van der Waals surface area contributed by atoms with E-state index in [4.69, 9.17) is 0 Å². The Morgan fingerprint density at radius 1 is 0.900 bits per heavy atom. The van der Waals surface area contributed by atoms with Crippen LogP contribution in [-0.2, 0) is 6.18 Å². The molecule has 0 N–H and O–H groups in total. The van der Waals surface area contributed by atoms with E-state index in [2.05, 4.69) is 10.2 Å². The summed E-state index contributed by atoms with van der Waals surface area (Å²) in [5, 5.41) is 7.17. The molecule has 0 aliphatic carbocycles. The molecule has 0 atom stereocenters. The minimum atomic E-state index is -4.38. The van der Waals surface area contributed by atoms with E-state index in [0.29, 0.717) is 22.4 Å². The first-order chi connectivity index (χ1) is 9.47. The number of azo groups is 1. The van der Waals surface area contributed by atoms with Crippen molar-refractivity contribution in [3.05, 3.63) is 53.6 Å². The smallest absolute Gasteiger partial charge is 0.265 e. The minimum Gasteiger partial charge on any atom is -0.265 e. The molecule has 20 heavy (non-hydrogen) atoms. The van der Waals surface area contributed by atoms with Crippen LogP contribution in [-0.4, -0.2) is 5.91 Å². The first-order valence-corrected chi connectivity index (χ1v) is 5.73. The van der Waals surface area contributed by atoms with Crippen LogP contribution < -0.4 is 0 Å². The van der Waals surface area contributed by atoms with Crippen molar-refractivity contribution in [1.29, 1.82) is 0 Å². The third-order valence-electron chi connectivity index (χ3n) is 3.03. The van der Waals surface area contributed by atoms with Gasteiger partial charge in [0.15, 0.2) is 0 Å². The molecular weight excluding hydrogens is 269 g/mol. The van der Waals surface area contributed by atoms with Gasteiger partial charge in [-0.25, -0.2) is 0 Å². The summed E-state index contributed by atoms with van der Waals surface area (Å²) in [7, 11) is 0. The molecule has 6 heteroatoms. The van der Waals surface area contributed by atoms with E-state index in [1.165, 1.54) is 12.1 Å². The lowest BCUT2D eigenvalue weighted by atomic mass is 9.97. The van der Waals surface area contributed by atoms with E-state index in [0.717, 1.165) is 12.1 Å². The fourth-order valence-corrected chi connectivity index (χ4v) is 2.08. The van der Waals surface area contributed by atoms with Crippen molar-refractivity contribution in [1.82, 2.24) is 0 Å². The van der Waals surface area contributed by atoms with Gasteiger partial charge in [-0.1, -0.05) is 24.3 Å². The van der Waals surface area contributed by atoms with Crippen LogP contribution in [0.25, 0.3) is 11.1 Å². The highest BCUT2D eigenvalue weighted by Crippen LogP contribution is 2.36. The lowest BCUT2D eigenvalue weighted by Crippen LogP contribution is -2.04. The number of amides is 1. The molecule has 0 fully saturated rings. The Morgan fingerprint density at radius 2 is 1.60 bits per heavy atom. The summed E-state index contributed by atoms with van der Waals surface area (Å²) in [6.07, 6.45) is -4.38. The highest BCUT2D eigenvalue weighted by Gasteiger charge is 2.30. The molecule has 0 radical (unpaired) electrons. The summed E-state index contributed by atoms with van der Waals surface area (Å²) in [6, 6.07) is 9.63. The molecule has 1 amide bonds. The van der Waals surface area contributed by atoms with Gasteiger partial charge in [0.25, 0.3) is 5.91 Å².